The van der Waals surface area contributed by atoms with Crippen molar-refractivity contribution in [2.45, 2.75) is 70.9 Å². The van der Waals surface area contributed by atoms with E-state index in [1.807, 2.05) is 0 Å². The van der Waals surface area contributed by atoms with Crippen molar-refractivity contribution in [3.8, 4) is 0 Å². The van der Waals surface area contributed by atoms with Crippen molar-refractivity contribution in [2.24, 2.45) is 23.5 Å². The molecular weight excluding hydrogens is 224 g/mol. The Balaban J connectivity index is 1.89. The number of hydrogen-bond donors (Lipinski definition) is 2. The fraction of sp³-hybridized carbons (Fsp3) is 0.933. The van der Waals surface area contributed by atoms with E-state index in [-0.39, 0.29) is 17.9 Å². The second-order valence-electron chi connectivity index (χ2n) is 6.57. The minimum absolute atomic E-state index is 0.0443. The normalized spacial score (nSPS) is 41.4. The molecule has 3 heteroatoms. The Morgan fingerprint density at radius 1 is 1.11 bits per heavy atom. The molecule has 3 nitrogen and oxygen atoms in total. The van der Waals surface area contributed by atoms with Crippen LogP contribution in [-0.2, 0) is 4.79 Å². The number of carbonyl (C=O) groups excluding carboxylic acids is 1. The molecule has 0 radical (unpaired) electrons. The SMILES string of the molecule is CC1CCC(N)C(C(=O)NC2CCCCC2C)C1. The summed E-state index contributed by atoms with van der Waals surface area (Å²) >= 11 is 0. The first-order valence-electron chi connectivity index (χ1n) is 7.64. The van der Waals surface area contributed by atoms with Gasteiger partial charge in [-0.2, -0.15) is 0 Å². The number of nitrogens with two attached hydrogens (primary N) is 1. The van der Waals surface area contributed by atoms with Crippen LogP contribution in [0.3, 0.4) is 0 Å². The summed E-state index contributed by atoms with van der Waals surface area (Å²) in [6, 6.07) is 0.454. The molecule has 0 saturated heterocycles. The van der Waals surface area contributed by atoms with Gasteiger partial charge in [0.25, 0.3) is 0 Å². The Labute approximate surface area is 111 Å². The summed E-state index contributed by atoms with van der Waals surface area (Å²) < 4.78 is 0. The van der Waals surface area contributed by atoms with Crippen molar-refractivity contribution in [3.05, 3.63) is 0 Å². The number of amides is 1. The highest BCUT2D eigenvalue weighted by Crippen LogP contribution is 2.29. The van der Waals surface area contributed by atoms with Gasteiger partial charge in [0.15, 0.2) is 0 Å². The van der Waals surface area contributed by atoms with E-state index in [1.54, 1.807) is 0 Å². The second kappa shape index (κ2) is 6.05. The van der Waals surface area contributed by atoms with Crippen molar-refractivity contribution in [3.63, 3.8) is 0 Å². The van der Waals surface area contributed by atoms with Gasteiger partial charge in [0, 0.05) is 12.1 Å². The van der Waals surface area contributed by atoms with Crippen LogP contribution < -0.4 is 11.1 Å². The standard InChI is InChI=1S/C15H28N2O/c1-10-7-8-13(16)12(9-10)15(18)17-14-6-4-3-5-11(14)2/h10-14H,3-9,16H2,1-2H3,(H,17,18). The van der Waals surface area contributed by atoms with Gasteiger partial charge in [-0.3, -0.25) is 4.79 Å². The molecule has 0 spiro atoms. The Morgan fingerprint density at radius 2 is 1.83 bits per heavy atom. The average Bonchev–Trinajstić information content (AvgIpc) is 2.35. The Morgan fingerprint density at radius 3 is 2.56 bits per heavy atom. The van der Waals surface area contributed by atoms with E-state index in [1.165, 1.54) is 25.7 Å². The average molecular weight is 252 g/mol. The van der Waals surface area contributed by atoms with Crippen LogP contribution in [0.4, 0.5) is 0 Å². The molecule has 5 unspecified atom stereocenters. The lowest BCUT2D eigenvalue weighted by Crippen LogP contribution is -2.50. The van der Waals surface area contributed by atoms with Crippen LogP contribution in [0.5, 0.6) is 0 Å². The molecule has 0 aromatic rings. The van der Waals surface area contributed by atoms with Crippen molar-refractivity contribution in [1.29, 1.82) is 0 Å². The molecule has 0 aliphatic heterocycles. The zero-order valence-electron chi connectivity index (χ0n) is 11.8. The van der Waals surface area contributed by atoms with Crippen LogP contribution in [0.1, 0.15) is 58.8 Å². The first-order valence-corrected chi connectivity index (χ1v) is 7.64. The summed E-state index contributed by atoms with van der Waals surface area (Å²) in [5, 5.41) is 3.27. The van der Waals surface area contributed by atoms with Gasteiger partial charge in [-0.25, -0.2) is 0 Å². The predicted molar refractivity (Wildman–Crippen MR) is 74.0 cm³/mol. The van der Waals surface area contributed by atoms with Crippen molar-refractivity contribution >= 4 is 5.91 Å². The van der Waals surface area contributed by atoms with E-state index in [2.05, 4.69) is 19.2 Å². The smallest absolute Gasteiger partial charge is 0.224 e. The van der Waals surface area contributed by atoms with Crippen LogP contribution >= 0.6 is 0 Å². The number of hydrogen-bond acceptors (Lipinski definition) is 2. The van der Waals surface area contributed by atoms with E-state index in [0.29, 0.717) is 17.9 Å². The highest BCUT2D eigenvalue weighted by Gasteiger charge is 2.33. The lowest BCUT2D eigenvalue weighted by atomic mass is 9.78. The Bertz CT molecular complexity index is 292. The van der Waals surface area contributed by atoms with E-state index < -0.39 is 0 Å². The third kappa shape index (κ3) is 3.25. The van der Waals surface area contributed by atoms with Gasteiger partial charge in [0.05, 0.1) is 5.92 Å². The molecule has 2 fully saturated rings. The van der Waals surface area contributed by atoms with Gasteiger partial charge in [0.1, 0.15) is 0 Å². The summed E-state index contributed by atoms with van der Waals surface area (Å²) in [6.45, 7) is 4.49. The summed E-state index contributed by atoms with van der Waals surface area (Å²) in [5.74, 6) is 1.53. The number of rotatable bonds is 2. The van der Waals surface area contributed by atoms with E-state index >= 15 is 0 Å². The van der Waals surface area contributed by atoms with Crippen LogP contribution in [0, 0.1) is 17.8 Å². The Hall–Kier alpha value is -0.570. The molecule has 3 N–H and O–H groups in total. The fourth-order valence-corrected chi connectivity index (χ4v) is 3.53. The number of carbonyl (C=O) groups is 1. The molecule has 0 bridgehead atoms. The third-order valence-electron chi connectivity index (χ3n) is 4.94. The first-order chi connectivity index (χ1) is 8.58. The molecule has 5 atom stereocenters. The van der Waals surface area contributed by atoms with Gasteiger partial charge in [-0.05, 0) is 43.9 Å². The first kappa shape index (κ1) is 13.9. The van der Waals surface area contributed by atoms with E-state index in [9.17, 15) is 4.79 Å². The molecule has 0 aromatic carbocycles. The van der Waals surface area contributed by atoms with Gasteiger partial charge in [-0.1, -0.05) is 26.7 Å². The van der Waals surface area contributed by atoms with Crippen LogP contribution in [0.2, 0.25) is 0 Å². The molecule has 104 valence electrons. The Kier molecular flexibility index (Phi) is 4.66. The second-order valence-corrected chi connectivity index (χ2v) is 6.57. The van der Waals surface area contributed by atoms with E-state index in [4.69, 9.17) is 5.73 Å². The van der Waals surface area contributed by atoms with Crippen LogP contribution in [0.15, 0.2) is 0 Å². The third-order valence-corrected chi connectivity index (χ3v) is 4.94. The molecule has 2 aliphatic rings. The minimum atomic E-state index is 0.0443. The summed E-state index contributed by atoms with van der Waals surface area (Å²) in [4.78, 5) is 12.4. The van der Waals surface area contributed by atoms with Gasteiger partial charge in [0.2, 0.25) is 5.91 Å². The van der Waals surface area contributed by atoms with Gasteiger partial charge in [-0.15, -0.1) is 0 Å². The maximum Gasteiger partial charge on any atom is 0.224 e. The lowest BCUT2D eigenvalue weighted by Gasteiger charge is -2.35. The van der Waals surface area contributed by atoms with Crippen molar-refractivity contribution in [1.82, 2.24) is 5.32 Å². The quantitative estimate of drug-likeness (QED) is 0.793. The largest absolute Gasteiger partial charge is 0.353 e. The molecule has 0 aromatic heterocycles. The highest BCUT2D eigenvalue weighted by atomic mass is 16.2. The maximum atomic E-state index is 12.4. The molecule has 1 amide bonds. The van der Waals surface area contributed by atoms with Crippen molar-refractivity contribution < 1.29 is 4.79 Å². The van der Waals surface area contributed by atoms with Gasteiger partial charge < -0.3 is 11.1 Å². The molecular formula is C15H28N2O. The molecule has 2 rings (SSSR count). The van der Waals surface area contributed by atoms with Crippen LogP contribution in [0.25, 0.3) is 0 Å². The molecule has 2 saturated carbocycles. The van der Waals surface area contributed by atoms with Crippen LogP contribution in [-0.4, -0.2) is 18.0 Å². The fourth-order valence-electron chi connectivity index (χ4n) is 3.53. The lowest BCUT2D eigenvalue weighted by molar-refractivity contribution is -0.128. The van der Waals surface area contributed by atoms with Gasteiger partial charge >= 0.3 is 0 Å². The monoisotopic (exact) mass is 252 g/mol. The zero-order valence-corrected chi connectivity index (χ0v) is 11.8. The molecule has 0 heterocycles. The predicted octanol–water partition coefficient (Wildman–Crippen LogP) is 2.44. The summed E-state index contributed by atoms with van der Waals surface area (Å²) in [6.07, 6.45) is 8.09. The molecule has 18 heavy (non-hydrogen) atoms. The summed E-state index contributed by atoms with van der Waals surface area (Å²) in [7, 11) is 0. The topological polar surface area (TPSA) is 55.1 Å². The van der Waals surface area contributed by atoms with Crippen molar-refractivity contribution in [2.75, 3.05) is 0 Å². The minimum Gasteiger partial charge on any atom is -0.353 e. The molecule has 2 aliphatic carbocycles. The highest BCUT2D eigenvalue weighted by molar-refractivity contribution is 5.79. The summed E-state index contributed by atoms with van der Waals surface area (Å²) in [5.41, 5.74) is 6.12. The zero-order chi connectivity index (χ0) is 13.1. The maximum absolute atomic E-state index is 12.4. The van der Waals surface area contributed by atoms with E-state index in [0.717, 1.165) is 19.3 Å². The number of nitrogens with one attached hydrogen (secondary N) is 1.